The van der Waals surface area contributed by atoms with Crippen molar-refractivity contribution in [3.05, 3.63) is 0 Å². The molecule has 8 heteroatoms. The molecule has 0 aliphatic carbocycles. The van der Waals surface area contributed by atoms with Crippen LogP contribution in [-0.4, -0.2) is 66.1 Å². The van der Waals surface area contributed by atoms with Gasteiger partial charge in [-0.25, -0.2) is 0 Å². The standard InChI is InChI=1S/C13H27N3O5/c1-8(2)15-12(19)4-10(18)7-21-6-9(3)16-13(20)11(14)5-17/h8-11,17-18H,4-7,14H2,1-3H3,(H,15,19)(H,16,20). The van der Waals surface area contributed by atoms with Crippen LogP contribution in [0, 0.1) is 0 Å². The van der Waals surface area contributed by atoms with Gasteiger partial charge in [-0.15, -0.1) is 0 Å². The first-order valence-electron chi connectivity index (χ1n) is 6.98. The Hall–Kier alpha value is -1.22. The van der Waals surface area contributed by atoms with Crippen LogP contribution in [-0.2, 0) is 14.3 Å². The number of hydrogen-bond acceptors (Lipinski definition) is 6. The van der Waals surface area contributed by atoms with Gasteiger partial charge in [-0.3, -0.25) is 9.59 Å². The van der Waals surface area contributed by atoms with Gasteiger partial charge in [-0.2, -0.15) is 0 Å². The molecular formula is C13H27N3O5. The molecule has 0 rings (SSSR count). The second-order valence-corrected chi connectivity index (χ2v) is 5.32. The zero-order valence-electron chi connectivity index (χ0n) is 12.8. The molecule has 21 heavy (non-hydrogen) atoms. The van der Waals surface area contributed by atoms with Crippen molar-refractivity contribution in [1.29, 1.82) is 0 Å². The second-order valence-electron chi connectivity index (χ2n) is 5.32. The molecule has 0 aromatic carbocycles. The van der Waals surface area contributed by atoms with E-state index in [1.165, 1.54) is 0 Å². The van der Waals surface area contributed by atoms with Gasteiger partial charge in [0.1, 0.15) is 6.04 Å². The van der Waals surface area contributed by atoms with Gasteiger partial charge in [0.05, 0.1) is 32.3 Å². The number of aliphatic hydroxyl groups is 2. The normalized spacial score (nSPS) is 15.4. The van der Waals surface area contributed by atoms with E-state index in [-0.39, 0.29) is 37.6 Å². The van der Waals surface area contributed by atoms with Crippen LogP contribution in [0.2, 0.25) is 0 Å². The van der Waals surface area contributed by atoms with E-state index in [4.69, 9.17) is 15.6 Å². The maximum absolute atomic E-state index is 11.4. The lowest BCUT2D eigenvalue weighted by Crippen LogP contribution is -2.47. The molecule has 6 N–H and O–H groups in total. The van der Waals surface area contributed by atoms with E-state index in [0.29, 0.717) is 0 Å². The smallest absolute Gasteiger partial charge is 0.239 e. The Morgan fingerprint density at radius 1 is 1.19 bits per heavy atom. The average molecular weight is 305 g/mol. The molecule has 0 saturated carbocycles. The lowest BCUT2D eigenvalue weighted by molar-refractivity contribution is -0.124. The highest BCUT2D eigenvalue weighted by molar-refractivity contribution is 5.81. The number of nitrogens with one attached hydrogen (secondary N) is 2. The predicted molar refractivity (Wildman–Crippen MR) is 77.4 cm³/mol. The molecular weight excluding hydrogens is 278 g/mol. The third-order valence-corrected chi connectivity index (χ3v) is 2.47. The first-order chi connectivity index (χ1) is 9.76. The highest BCUT2D eigenvalue weighted by Gasteiger charge is 2.16. The molecule has 0 saturated heterocycles. The van der Waals surface area contributed by atoms with Gasteiger partial charge in [-0.05, 0) is 20.8 Å². The molecule has 0 aliphatic rings. The molecule has 0 aromatic rings. The van der Waals surface area contributed by atoms with Gasteiger partial charge in [-0.1, -0.05) is 0 Å². The summed E-state index contributed by atoms with van der Waals surface area (Å²) in [6, 6.07) is -1.25. The Bertz CT molecular complexity index is 325. The molecule has 0 radical (unpaired) electrons. The molecule has 0 heterocycles. The van der Waals surface area contributed by atoms with Crippen molar-refractivity contribution in [3.8, 4) is 0 Å². The summed E-state index contributed by atoms with van der Waals surface area (Å²) in [5, 5.41) is 23.6. The number of nitrogens with two attached hydrogens (primary N) is 1. The Morgan fingerprint density at radius 3 is 2.33 bits per heavy atom. The largest absolute Gasteiger partial charge is 0.394 e. The van der Waals surface area contributed by atoms with Crippen LogP contribution in [0.3, 0.4) is 0 Å². The topological polar surface area (TPSA) is 134 Å². The van der Waals surface area contributed by atoms with Gasteiger partial charge in [0, 0.05) is 12.1 Å². The molecule has 0 aromatic heterocycles. The highest BCUT2D eigenvalue weighted by atomic mass is 16.5. The minimum atomic E-state index is -0.960. The summed E-state index contributed by atoms with van der Waals surface area (Å²) in [4.78, 5) is 22.8. The van der Waals surface area contributed by atoms with Crippen molar-refractivity contribution in [2.75, 3.05) is 19.8 Å². The van der Waals surface area contributed by atoms with Gasteiger partial charge < -0.3 is 31.3 Å². The van der Waals surface area contributed by atoms with Crippen molar-refractivity contribution in [2.45, 2.75) is 51.4 Å². The summed E-state index contributed by atoms with van der Waals surface area (Å²) in [5.74, 6) is -0.707. The number of carbonyl (C=O) groups excluding carboxylic acids is 2. The van der Waals surface area contributed by atoms with Crippen LogP contribution >= 0.6 is 0 Å². The number of carbonyl (C=O) groups is 2. The van der Waals surface area contributed by atoms with Crippen LogP contribution in [0.1, 0.15) is 27.2 Å². The molecule has 3 unspecified atom stereocenters. The van der Waals surface area contributed by atoms with E-state index in [0.717, 1.165) is 0 Å². The van der Waals surface area contributed by atoms with E-state index < -0.39 is 24.7 Å². The van der Waals surface area contributed by atoms with Gasteiger partial charge in [0.2, 0.25) is 11.8 Å². The van der Waals surface area contributed by atoms with Crippen molar-refractivity contribution < 1.29 is 24.5 Å². The van der Waals surface area contributed by atoms with Crippen molar-refractivity contribution >= 4 is 11.8 Å². The minimum absolute atomic E-state index is 0.00220. The molecule has 0 bridgehead atoms. The van der Waals surface area contributed by atoms with Gasteiger partial charge in [0.25, 0.3) is 0 Å². The number of rotatable bonds is 10. The van der Waals surface area contributed by atoms with Gasteiger partial charge in [0.15, 0.2) is 0 Å². The third-order valence-electron chi connectivity index (χ3n) is 2.47. The van der Waals surface area contributed by atoms with Crippen molar-refractivity contribution in [2.24, 2.45) is 5.73 Å². The second kappa shape index (κ2) is 10.5. The summed E-state index contributed by atoms with van der Waals surface area (Å²) in [6.07, 6.45) is -0.930. The Kier molecular flexibility index (Phi) is 9.89. The van der Waals surface area contributed by atoms with Crippen LogP contribution in [0.4, 0.5) is 0 Å². The number of ether oxygens (including phenoxy) is 1. The summed E-state index contributed by atoms with van der Waals surface area (Å²) in [5.41, 5.74) is 5.35. The Balaban J connectivity index is 3.82. The number of aliphatic hydroxyl groups excluding tert-OH is 2. The van der Waals surface area contributed by atoms with Crippen LogP contribution in [0.15, 0.2) is 0 Å². The molecule has 124 valence electrons. The first-order valence-corrected chi connectivity index (χ1v) is 6.98. The summed E-state index contributed by atoms with van der Waals surface area (Å²) in [7, 11) is 0. The fourth-order valence-electron chi connectivity index (χ4n) is 1.51. The van der Waals surface area contributed by atoms with Crippen LogP contribution in [0.5, 0.6) is 0 Å². The molecule has 0 aliphatic heterocycles. The quantitative estimate of drug-likeness (QED) is 0.320. The Labute approximate surface area is 125 Å². The first kappa shape index (κ1) is 19.8. The van der Waals surface area contributed by atoms with E-state index in [2.05, 4.69) is 10.6 Å². The van der Waals surface area contributed by atoms with E-state index in [9.17, 15) is 14.7 Å². The van der Waals surface area contributed by atoms with Crippen molar-refractivity contribution in [1.82, 2.24) is 10.6 Å². The monoisotopic (exact) mass is 305 g/mol. The number of amides is 2. The SMILES string of the molecule is CC(C)NC(=O)CC(O)COCC(C)NC(=O)C(N)CO. The zero-order valence-corrected chi connectivity index (χ0v) is 12.8. The minimum Gasteiger partial charge on any atom is -0.394 e. The third kappa shape index (κ3) is 10.2. The fraction of sp³-hybridized carbons (Fsp3) is 0.846. The van der Waals surface area contributed by atoms with E-state index in [1.54, 1.807) is 6.92 Å². The lowest BCUT2D eigenvalue weighted by Gasteiger charge is -2.18. The van der Waals surface area contributed by atoms with E-state index >= 15 is 0 Å². The highest BCUT2D eigenvalue weighted by Crippen LogP contribution is 1.96. The molecule has 2 amide bonds. The fourth-order valence-corrected chi connectivity index (χ4v) is 1.51. The van der Waals surface area contributed by atoms with Crippen LogP contribution < -0.4 is 16.4 Å². The number of hydrogen-bond donors (Lipinski definition) is 5. The molecule has 3 atom stereocenters. The summed E-state index contributed by atoms with van der Waals surface area (Å²) >= 11 is 0. The molecule has 8 nitrogen and oxygen atoms in total. The predicted octanol–water partition coefficient (Wildman–Crippen LogP) is -1.90. The van der Waals surface area contributed by atoms with E-state index in [1.807, 2.05) is 13.8 Å². The maximum Gasteiger partial charge on any atom is 0.239 e. The zero-order chi connectivity index (χ0) is 16.4. The van der Waals surface area contributed by atoms with Gasteiger partial charge >= 0.3 is 0 Å². The lowest BCUT2D eigenvalue weighted by atomic mass is 10.2. The van der Waals surface area contributed by atoms with Crippen LogP contribution in [0.25, 0.3) is 0 Å². The molecule has 0 fully saturated rings. The average Bonchev–Trinajstić information content (AvgIpc) is 2.36. The Morgan fingerprint density at radius 2 is 1.81 bits per heavy atom. The summed E-state index contributed by atoms with van der Waals surface area (Å²) in [6.45, 7) is 5.12. The molecule has 0 spiro atoms. The van der Waals surface area contributed by atoms with Crippen molar-refractivity contribution in [3.63, 3.8) is 0 Å². The maximum atomic E-state index is 11.4. The summed E-state index contributed by atoms with van der Waals surface area (Å²) < 4.78 is 5.23.